The van der Waals surface area contributed by atoms with E-state index < -0.39 is 6.29 Å². The zero-order chi connectivity index (χ0) is 20.7. The van der Waals surface area contributed by atoms with Crippen molar-refractivity contribution in [2.24, 2.45) is 0 Å². The third-order valence-corrected chi connectivity index (χ3v) is 6.32. The van der Waals surface area contributed by atoms with E-state index >= 15 is 0 Å². The molecule has 3 heterocycles. The Labute approximate surface area is 175 Å². The minimum Gasteiger partial charge on any atom is -0.497 e. The third-order valence-electron chi connectivity index (χ3n) is 6.32. The molecule has 1 saturated heterocycles. The van der Waals surface area contributed by atoms with Crippen LogP contribution < -0.4 is 4.74 Å². The lowest BCUT2D eigenvalue weighted by Crippen LogP contribution is -2.32. The summed E-state index contributed by atoms with van der Waals surface area (Å²) in [6, 6.07) is 7.75. The van der Waals surface area contributed by atoms with Gasteiger partial charge in [-0.05, 0) is 35.3 Å². The molecule has 2 aromatic rings. The Morgan fingerprint density at radius 1 is 1.13 bits per heavy atom. The zero-order valence-electron chi connectivity index (χ0n) is 17.2. The van der Waals surface area contributed by atoms with E-state index in [1.807, 2.05) is 30.5 Å². The van der Waals surface area contributed by atoms with Crippen LogP contribution in [0.1, 0.15) is 55.1 Å². The number of carbonyl (C=O) groups is 1. The van der Waals surface area contributed by atoms with Gasteiger partial charge in [0.15, 0.2) is 6.29 Å². The van der Waals surface area contributed by atoms with E-state index in [1.165, 1.54) is 0 Å². The molecule has 0 amide bonds. The average Bonchev–Trinajstić information content (AvgIpc) is 3.46. The molecule has 1 aromatic heterocycles. The van der Waals surface area contributed by atoms with Crippen LogP contribution in [0.2, 0.25) is 0 Å². The summed E-state index contributed by atoms with van der Waals surface area (Å²) >= 11 is 0. The molecule has 0 N–H and O–H groups in total. The van der Waals surface area contributed by atoms with Crippen LogP contribution in [0.3, 0.4) is 0 Å². The van der Waals surface area contributed by atoms with Crippen LogP contribution in [-0.2, 0) is 25.4 Å². The fourth-order valence-electron chi connectivity index (χ4n) is 4.86. The second-order valence-corrected chi connectivity index (χ2v) is 8.19. The van der Waals surface area contributed by atoms with Gasteiger partial charge in [-0.25, -0.2) is 4.79 Å². The SMILES string of the molecule is CCC[C@H]1c2cocc2CC2=CC(=O)O[C@@H]2C[C@H]2OC(c3ccc(OC)cc3)O[C@H]21. The van der Waals surface area contributed by atoms with Crippen molar-refractivity contribution < 1.29 is 28.2 Å². The third kappa shape index (κ3) is 3.44. The van der Waals surface area contributed by atoms with Gasteiger partial charge in [-0.2, -0.15) is 0 Å². The Balaban J connectivity index is 1.51. The van der Waals surface area contributed by atoms with Gasteiger partial charge >= 0.3 is 5.97 Å². The molecule has 1 aliphatic carbocycles. The van der Waals surface area contributed by atoms with Gasteiger partial charge in [-0.15, -0.1) is 0 Å². The number of carbonyl (C=O) groups excluding carboxylic acids is 1. The summed E-state index contributed by atoms with van der Waals surface area (Å²) in [7, 11) is 1.65. The molecule has 0 bridgehead atoms. The number of esters is 1. The quantitative estimate of drug-likeness (QED) is 0.694. The van der Waals surface area contributed by atoms with E-state index in [1.54, 1.807) is 19.4 Å². The van der Waals surface area contributed by atoms with Gasteiger partial charge in [0.05, 0.1) is 31.8 Å². The summed E-state index contributed by atoms with van der Waals surface area (Å²) < 4.78 is 29.4. The zero-order valence-corrected chi connectivity index (χ0v) is 17.2. The molecule has 158 valence electrons. The van der Waals surface area contributed by atoms with E-state index in [0.717, 1.165) is 40.9 Å². The van der Waals surface area contributed by atoms with Crippen LogP contribution in [0.25, 0.3) is 0 Å². The highest BCUT2D eigenvalue weighted by Crippen LogP contribution is 2.45. The van der Waals surface area contributed by atoms with Gasteiger partial charge in [0.1, 0.15) is 11.9 Å². The highest BCUT2D eigenvalue weighted by atomic mass is 16.7. The first-order valence-corrected chi connectivity index (χ1v) is 10.6. The molecule has 5 rings (SSSR count). The minimum absolute atomic E-state index is 0.146. The molecule has 30 heavy (non-hydrogen) atoms. The topological polar surface area (TPSA) is 67.1 Å². The summed E-state index contributed by atoms with van der Waals surface area (Å²) in [5, 5.41) is 0. The Kier molecular flexibility index (Phi) is 5.13. The van der Waals surface area contributed by atoms with E-state index in [4.69, 9.17) is 23.4 Å². The fourth-order valence-corrected chi connectivity index (χ4v) is 4.86. The summed E-state index contributed by atoms with van der Waals surface area (Å²) in [4.78, 5) is 12.0. The molecule has 0 radical (unpaired) electrons. The van der Waals surface area contributed by atoms with Gasteiger partial charge in [-0.1, -0.05) is 25.5 Å². The van der Waals surface area contributed by atoms with Crippen molar-refractivity contribution in [2.75, 3.05) is 7.11 Å². The molecule has 2 aliphatic heterocycles. The van der Waals surface area contributed by atoms with Crippen molar-refractivity contribution >= 4 is 5.97 Å². The molecule has 5 atom stereocenters. The molecule has 6 nitrogen and oxygen atoms in total. The number of furan rings is 1. The molecule has 3 aliphatic rings. The largest absolute Gasteiger partial charge is 0.497 e. The first kappa shape index (κ1) is 19.4. The lowest BCUT2D eigenvalue weighted by atomic mass is 9.85. The number of benzene rings is 1. The van der Waals surface area contributed by atoms with Crippen LogP contribution in [0, 0.1) is 0 Å². The first-order chi connectivity index (χ1) is 14.7. The van der Waals surface area contributed by atoms with E-state index in [0.29, 0.717) is 12.8 Å². The predicted molar refractivity (Wildman–Crippen MR) is 108 cm³/mol. The Morgan fingerprint density at radius 2 is 1.97 bits per heavy atom. The molecule has 0 saturated carbocycles. The molecular weight excluding hydrogens is 384 g/mol. The molecule has 0 spiro atoms. The highest BCUT2D eigenvalue weighted by Gasteiger charge is 2.46. The second kappa shape index (κ2) is 7.93. The Morgan fingerprint density at radius 3 is 2.73 bits per heavy atom. The van der Waals surface area contributed by atoms with Crippen molar-refractivity contribution in [1.82, 2.24) is 0 Å². The monoisotopic (exact) mass is 410 g/mol. The predicted octanol–water partition coefficient (Wildman–Crippen LogP) is 4.45. The van der Waals surface area contributed by atoms with Crippen molar-refractivity contribution in [3.63, 3.8) is 0 Å². The number of methoxy groups -OCH3 is 1. The molecule has 6 heteroatoms. The first-order valence-electron chi connectivity index (χ1n) is 10.6. The molecule has 1 unspecified atom stereocenters. The molecular formula is C24H26O6. The lowest BCUT2D eigenvalue weighted by Gasteiger charge is -2.26. The maximum Gasteiger partial charge on any atom is 0.331 e. The number of ether oxygens (including phenoxy) is 4. The summed E-state index contributed by atoms with van der Waals surface area (Å²) in [6.45, 7) is 2.18. The lowest BCUT2D eigenvalue weighted by molar-refractivity contribution is -0.140. The fraction of sp³-hybridized carbons (Fsp3) is 0.458. The van der Waals surface area contributed by atoms with Crippen molar-refractivity contribution in [2.45, 2.75) is 63.1 Å². The Hall–Kier alpha value is -2.57. The number of hydrogen-bond acceptors (Lipinski definition) is 6. The molecule has 1 aromatic carbocycles. The smallest absolute Gasteiger partial charge is 0.331 e. The standard InChI is InChI=1S/C24H26O6/c1-3-4-18-19-13-27-12-16(19)9-15-10-22(25)28-20(15)11-21-23(18)30-24(29-21)14-5-7-17(26-2)8-6-14/h5-8,10,12-13,18,20-21,23-24H,3-4,9,11H2,1-2H3/t18-,20+,21+,23-,24?/m0/s1. The normalized spacial score (nSPS) is 30.3. The summed E-state index contributed by atoms with van der Waals surface area (Å²) in [6.07, 6.45) is 7.39. The van der Waals surface area contributed by atoms with Gasteiger partial charge < -0.3 is 23.4 Å². The maximum absolute atomic E-state index is 12.0. The van der Waals surface area contributed by atoms with Crippen molar-refractivity contribution in [1.29, 1.82) is 0 Å². The average molecular weight is 410 g/mol. The van der Waals surface area contributed by atoms with E-state index in [9.17, 15) is 4.79 Å². The van der Waals surface area contributed by atoms with Crippen LogP contribution in [0.5, 0.6) is 5.75 Å². The van der Waals surface area contributed by atoms with Crippen molar-refractivity contribution in [3.05, 3.63) is 65.1 Å². The summed E-state index contributed by atoms with van der Waals surface area (Å²) in [5.41, 5.74) is 4.17. The van der Waals surface area contributed by atoms with Crippen LogP contribution in [0.15, 0.2) is 52.9 Å². The highest BCUT2D eigenvalue weighted by molar-refractivity contribution is 5.86. The van der Waals surface area contributed by atoms with Gasteiger partial charge in [0.25, 0.3) is 0 Å². The van der Waals surface area contributed by atoms with Gasteiger partial charge in [0.2, 0.25) is 0 Å². The maximum atomic E-state index is 12.0. The number of hydrogen-bond donors (Lipinski definition) is 0. The van der Waals surface area contributed by atoms with Crippen molar-refractivity contribution in [3.8, 4) is 5.75 Å². The molecule has 1 fully saturated rings. The number of rotatable bonds is 4. The summed E-state index contributed by atoms with van der Waals surface area (Å²) in [5.74, 6) is 0.666. The van der Waals surface area contributed by atoms with Crippen LogP contribution in [-0.4, -0.2) is 31.4 Å². The van der Waals surface area contributed by atoms with Crippen LogP contribution in [0.4, 0.5) is 0 Å². The van der Waals surface area contributed by atoms with E-state index in [-0.39, 0.29) is 30.2 Å². The van der Waals surface area contributed by atoms with Gasteiger partial charge in [-0.3, -0.25) is 0 Å². The number of fused-ring (bicyclic) bond motifs is 3. The second-order valence-electron chi connectivity index (χ2n) is 8.19. The Bertz CT molecular complexity index is 943. The van der Waals surface area contributed by atoms with Crippen LogP contribution >= 0.6 is 0 Å². The van der Waals surface area contributed by atoms with Gasteiger partial charge in [0, 0.05) is 30.4 Å². The van der Waals surface area contributed by atoms with E-state index in [2.05, 4.69) is 6.92 Å². The minimum atomic E-state index is -0.468.